The minimum absolute atomic E-state index is 0.713. The number of nitriles is 1. The Hall–Kier alpha value is -2.12. The monoisotopic (exact) mass is 365 g/mol. The van der Waals surface area contributed by atoms with Crippen LogP contribution in [0.15, 0.2) is 36.4 Å². The smallest absolute Gasteiger partial charge is 0.222 e. The summed E-state index contributed by atoms with van der Waals surface area (Å²) in [4.78, 5) is 0.916. The largest absolute Gasteiger partial charge is 0.313 e. The van der Waals surface area contributed by atoms with Gasteiger partial charge < -0.3 is 0 Å². The van der Waals surface area contributed by atoms with Gasteiger partial charge in [-0.3, -0.25) is 0 Å². The van der Waals surface area contributed by atoms with Crippen LogP contribution >= 0.6 is 11.3 Å². The van der Waals surface area contributed by atoms with Crippen molar-refractivity contribution in [1.29, 1.82) is 5.26 Å². The summed E-state index contributed by atoms with van der Waals surface area (Å²) in [6.45, 7) is 3.98. The van der Waals surface area contributed by atoms with Crippen molar-refractivity contribution in [2.75, 3.05) is 0 Å². The van der Waals surface area contributed by atoms with E-state index in [2.05, 4.69) is 11.2 Å². The van der Waals surface area contributed by atoms with E-state index in [9.17, 15) is 5.26 Å². The lowest BCUT2D eigenvalue weighted by molar-refractivity contribution is -2.00. The van der Waals surface area contributed by atoms with E-state index in [1.54, 1.807) is 11.3 Å². The van der Waals surface area contributed by atoms with Gasteiger partial charge in [-0.15, -0.1) is 10.2 Å². The SMILES string of the molecule is Cc1cc(C)[n+]2nc(-c3ccccc3)sc2c1C#N.[O-][Cl+3]([O-])([O-])[O-]. The van der Waals surface area contributed by atoms with E-state index in [4.69, 9.17) is 18.6 Å². The van der Waals surface area contributed by atoms with Gasteiger partial charge in [0.1, 0.15) is 11.6 Å². The molecule has 9 heteroatoms. The second-order valence-corrected chi connectivity index (χ2v) is 6.56. The molecule has 0 saturated heterocycles. The normalized spacial score (nSPS) is 10.9. The molecule has 0 saturated carbocycles. The quantitative estimate of drug-likeness (QED) is 0.471. The summed E-state index contributed by atoms with van der Waals surface area (Å²) in [5, 5.41) is 14.9. The standard InChI is InChI=1S/C15H12N3S.ClHO4/c1-10-8-11(2)18-15(13(10)9-16)19-14(17-18)12-6-4-3-5-7-12;2-1(3,4)5/h3-8H,1-2H3;(H,2,3,4,5)/q+1;/p-1. The van der Waals surface area contributed by atoms with Crippen LogP contribution in [0, 0.1) is 35.4 Å². The van der Waals surface area contributed by atoms with Gasteiger partial charge in [0.15, 0.2) is 5.01 Å². The Balaban J connectivity index is 0.000000368. The molecular formula is C15H12ClN3O4S. The number of rotatable bonds is 1. The molecule has 0 fully saturated rings. The molecule has 0 aliphatic heterocycles. The number of pyridine rings is 1. The predicted molar refractivity (Wildman–Crippen MR) is 74.9 cm³/mol. The summed E-state index contributed by atoms with van der Waals surface area (Å²) in [5.41, 5.74) is 3.84. The highest BCUT2D eigenvalue weighted by atomic mass is 35.7. The summed E-state index contributed by atoms with van der Waals surface area (Å²) < 4.78 is 35.8. The summed E-state index contributed by atoms with van der Waals surface area (Å²) in [6, 6.07) is 14.3. The van der Waals surface area contributed by atoms with Crippen LogP contribution in [0.2, 0.25) is 0 Å². The molecule has 0 aliphatic carbocycles. The van der Waals surface area contributed by atoms with Crippen molar-refractivity contribution in [3.63, 3.8) is 0 Å². The first-order valence-corrected chi connectivity index (χ1v) is 8.66. The van der Waals surface area contributed by atoms with E-state index in [-0.39, 0.29) is 0 Å². The molecule has 0 unspecified atom stereocenters. The second kappa shape index (κ2) is 7.19. The maximum absolute atomic E-state index is 9.30. The summed E-state index contributed by atoms with van der Waals surface area (Å²) in [6.07, 6.45) is 0. The van der Waals surface area contributed by atoms with Crippen molar-refractivity contribution in [2.24, 2.45) is 0 Å². The molecular weight excluding hydrogens is 354 g/mol. The molecule has 3 rings (SSSR count). The average molecular weight is 366 g/mol. The molecule has 3 aromatic rings. The minimum Gasteiger partial charge on any atom is -0.222 e. The number of hydrogen-bond donors (Lipinski definition) is 0. The first-order chi connectivity index (χ1) is 11.2. The van der Waals surface area contributed by atoms with E-state index in [0.29, 0.717) is 5.56 Å². The zero-order valence-corrected chi connectivity index (χ0v) is 14.3. The fraction of sp³-hybridized carbons (Fsp3) is 0.133. The topological polar surface area (TPSA) is 133 Å². The summed E-state index contributed by atoms with van der Waals surface area (Å²) >= 11 is 1.56. The van der Waals surface area contributed by atoms with Gasteiger partial charge in [-0.2, -0.15) is 5.26 Å². The van der Waals surface area contributed by atoms with Crippen LogP contribution < -0.4 is 23.2 Å². The first kappa shape index (κ1) is 18.2. The van der Waals surface area contributed by atoms with Crippen LogP contribution in [0.1, 0.15) is 16.8 Å². The molecule has 0 spiro atoms. The van der Waals surface area contributed by atoms with Gasteiger partial charge in [-0.25, -0.2) is 18.6 Å². The van der Waals surface area contributed by atoms with Gasteiger partial charge in [-0.1, -0.05) is 30.3 Å². The molecule has 0 aliphatic rings. The fourth-order valence-electron chi connectivity index (χ4n) is 2.14. The van der Waals surface area contributed by atoms with Crippen LogP contribution in [-0.2, 0) is 0 Å². The van der Waals surface area contributed by atoms with E-state index in [1.807, 2.05) is 54.8 Å². The molecule has 7 nitrogen and oxygen atoms in total. The molecule has 0 bridgehead atoms. The first-order valence-electron chi connectivity index (χ1n) is 6.61. The maximum atomic E-state index is 9.30. The molecule has 124 valence electrons. The lowest BCUT2D eigenvalue weighted by Crippen LogP contribution is -2.68. The highest BCUT2D eigenvalue weighted by molar-refractivity contribution is 7.19. The van der Waals surface area contributed by atoms with Gasteiger partial charge in [0.05, 0.1) is 0 Å². The number of benzene rings is 1. The Morgan fingerprint density at radius 3 is 2.25 bits per heavy atom. The third-order valence-electron chi connectivity index (χ3n) is 3.08. The van der Waals surface area contributed by atoms with Crippen molar-refractivity contribution in [3.8, 4) is 16.6 Å². The lowest BCUT2D eigenvalue weighted by atomic mass is 10.1. The van der Waals surface area contributed by atoms with Gasteiger partial charge in [0.25, 0.3) is 0 Å². The van der Waals surface area contributed by atoms with Gasteiger partial charge in [0, 0.05) is 23.7 Å². The summed E-state index contributed by atoms with van der Waals surface area (Å²) in [7, 11) is -4.94. The zero-order chi connectivity index (χ0) is 17.9. The molecule has 0 amide bonds. The highest BCUT2D eigenvalue weighted by Crippen LogP contribution is 2.26. The number of aryl methyl sites for hydroxylation is 2. The van der Waals surface area contributed by atoms with E-state index >= 15 is 0 Å². The average Bonchev–Trinajstić information content (AvgIpc) is 2.92. The van der Waals surface area contributed by atoms with Crippen LogP contribution in [0.4, 0.5) is 0 Å². The van der Waals surface area contributed by atoms with Crippen LogP contribution in [-0.4, -0.2) is 5.10 Å². The Morgan fingerprint density at radius 1 is 1.12 bits per heavy atom. The lowest BCUT2D eigenvalue weighted by Gasteiger charge is -2.17. The Morgan fingerprint density at radius 2 is 1.71 bits per heavy atom. The number of aromatic nitrogens is 2. The number of halogens is 1. The molecule has 0 N–H and O–H groups in total. The Kier molecular flexibility index (Phi) is 5.46. The number of hydrogen-bond acceptors (Lipinski definition) is 7. The molecule has 24 heavy (non-hydrogen) atoms. The number of fused-ring (bicyclic) bond motifs is 1. The van der Waals surface area contributed by atoms with E-state index < -0.39 is 10.2 Å². The molecule has 1 aromatic carbocycles. The summed E-state index contributed by atoms with van der Waals surface area (Å²) in [5.74, 6) is 0. The predicted octanol–water partition coefficient (Wildman–Crippen LogP) is -1.72. The fourth-order valence-corrected chi connectivity index (χ4v) is 3.28. The highest BCUT2D eigenvalue weighted by Gasteiger charge is 2.22. The van der Waals surface area contributed by atoms with Crippen molar-refractivity contribution in [2.45, 2.75) is 13.8 Å². The van der Waals surface area contributed by atoms with E-state index in [1.165, 1.54) is 0 Å². The second-order valence-electron chi connectivity index (χ2n) is 4.82. The van der Waals surface area contributed by atoms with Crippen LogP contribution in [0.5, 0.6) is 0 Å². The number of nitrogens with zero attached hydrogens (tertiary/aromatic N) is 3. The molecule has 0 atom stereocenters. The van der Waals surface area contributed by atoms with Gasteiger partial charge >= 0.3 is 4.83 Å². The maximum Gasteiger partial charge on any atom is 0.313 e. The van der Waals surface area contributed by atoms with Gasteiger partial charge in [0.2, 0.25) is 5.69 Å². The molecule has 0 radical (unpaired) electrons. The van der Waals surface area contributed by atoms with Crippen molar-refractivity contribution < 1.29 is 33.4 Å². The van der Waals surface area contributed by atoms with Crippen molar-refractivity contribution >= 4 is 16.2 Å². The third kappa shape index (κ3) is 4.46. The molecule has 2 heterocycles. The van der Waals surface area contributed by atoms with Crippen molar-refractivity contribution in [1.82, 2.24) is 5.10 Å². The Labute approximate surface area is 144 Å². The van der Waals surface area contributed by atoms with Crippen LogP contribution in [0.25, 0.3) is 15.4 Å². The molecule has 2 aromatic heterocycles. The Bertz CT molecular complexity index is 895. The third-order valence-corrected chi connectivity index (χ3v) is 4.16. The van der Waals surface area contributed by atoms with Crippen molar-refractivity contribution in [3.05, 3.63) is 53.2 Å². The minimum atomic E-state index is -4.94. The van der Waals surface area contributed by atoms with Gasteiger partial charge in [-0.05, 0) is 28.3 Å². The zero-order valence-electron chi connectivity index (χ0n) is 12.7. The van der Waals surface area contributed by atoms with E-state index in [0.717, 1.165) is 26.7 Å². The van der Waals surface area contributed by atoms with Crippen LogP contribution in [0.3, 0.4) is 0 Å².